The lowest BCUT2D eigenvalue weighted by Crippen LogP contribution is -2.03. The van der Waals surface area contributed by atoms with Crippen LogP contribution in [0.5, 0.6) is 0 Å². The van der Waals surface area contributed by atoms with Crippen LogP contribution in [0.4, 0.5) is 0 Å². The number of hydrogen-bond donors (Lipinski definition) is 0. The molecule has 1 aromatic rings. The molecular formula is C9H11Cl2N. The summed E-state index contributed by atoms with van der Waals surface area (Å²) in [6.45, 7) is 2.08. The Bertz CT molecular complexity index is 250. The van der Waals surface area contributed by atoms with Gasteiger partial charge in [-0.3, -0.25) is 4.98 Å². The molecule has 0 radical (unpaired) electrons. The highest BCUT2D eigenvalue weighted by molar-refractivity contribution is 6.31. The second kappa shape index (κ2) is 4.68. The highest BCUT2D eigenvalue weighted by Crippen LogP contribution is 2.16. The Labute approximate surface area is 82.7 Å². The minimum Gasteiger partial charge on any atom is -0.260 e. The van der Waals surface area contributed by atoms with Crippen molar-refractivity contribution in [1.29, 1.82) is 0 Å². The van der Waals surface area contributed by atoms with Gasteiger partial charge in [0.25, 0.3) is 0 Å². The summed E-state index contributed by atoms with van der Waals surface area (Å²) < 4.78 is 0. The monoisotopic (exact) mass is 203 g/mol. The van der Waals surface area contributed by atoms with Crippen LogP contribution in [0.25, 0.3) is 0 Å². The first-order chi connectivity index (χ1) is 5.74. The first kappa shape index (κ1) is 9.82. The molecule has 0 bridgehead atoms. The maximum atomic E-state index is 5.92. The van der Waals surface area contributed by atoms with E-state index in [1.807, 2.05) is 12.1 Å². The molecule has 0 aromatic carbocycles. The fourth-order valence-electron chi connectivity index (χ4n) is 0.953. The Kier molecular flexibility index (Phi) is 3.83. The Morgan fingerprint density at radius 2 is 2.33 bits per heavy atom. The maximum Gasteiger partial charge on any atom is 0.0621 e. The third-order valence-electron chi connectivity index (χ3n) is 1.64. The first-order valence-electron chi connectivity index (χ1n) is 3.89. The van der Waals surface area contributed by atoms with E-state index in [1.165, 1.54) is 0 Å². The molecule has 3 heteroatoms. The Morgan fingerprint density at radius 3 is 2.92 bits per heavy atom. The molecule has 1 rings (SSSR count). The predicted octanol–water partition coefficient (Wildman–Crippen LogP) is 3.15. The van der Waals surface area contributed by atoms with Crippen LogP contribution < -0.4 is 0 Å². The van der Waals surface area contributed by atoms with E-state index in [0.717, 1.165) is 17.1 Å². The van der Waals surface area contributed by atoms with Gasteiger partial charge in [-0.05, 0) is 24.5 Å². The smallest absolute Gasteiger partial charge is 0.0621 e. The molecule has 12 heavy (non-hydrogen) atoms. The average Bonchev–Trinajstić information content (AvgIpc) is 2.09. The van der Waals surface area contributed by atoms with Crippen molar-refractivity contribution in [3.8, 4) is 0 Å². The van der Waals surface area contributed by atoms with Gasteiger partial charge in [0.2, 0.25) is 0 Å². The van der Waals surface area contributed by atoms with Gasteiger partial charge in [0, 0.05) is 12.1 Å². The van der Waals surface area contributed by atoms with Gasteiger partial charge in [-0.25, -0.2) is 0 Å². The molecule has 0 aliphatic rings. The van der Waals surface area contributed by atoms with E-state index in [0.29, 0.717) is 11.8 Å². The molecule has 1 atom stereocenters. The molecule has 0 spiro atoms. The molecule has 0 aliphatic carbocycles. The van der Waals surface area contributed by atoms with Gasteiger partial charge >= 0.3 is 0 Å². The van der Waals surface area contributed by atoms with Gasteiger partial charge in [0.05, 0.1) is 10.7 Å². The summed E-state index contributed by atoms with van der Waals surface area (Å²) in [5.41, 5.74) is 0.937. The SMILES string of the molecule is CC(CCl)Cc1ncccc1Cl. The third-order valence-corrected chi connectivity index (χ3v) is 2.51. The molecule has 1 nitrogen and oxygen atoms in total. The van der Waals surface area contributed by atoms with Gasteiger partial charge in [-0.1, -0.05) is 18.5 Å². The topological polar surface area (TPSA) is 12.9 Å². The van der Waals surface area contributed by atoms with E-state index in [4.69, 9.17) is 23.2 Å². The van der Waals surface area contributed by atoms with Crippen molar-refractivity contribution in [1.82, 2.24) is 4.98 Å². The number of halogens is 2. The highest BCUT2D eigenvalue weighted by atomic mass is 35.5. The summed E-state index contributed by atoms with van der Waals surface area (Å²) in [4.78, 5) is 4.18. The zero-order valence-corrected chi connectivity index (χ0v) is 8.44. The zero-order chi connectivity index (χ0) is 8.97. The number of alkyl halides is 1. The van der Waals surface area contributed by atoms with Crippen molar-refractivity contribution in [2.75, 3.05) is 5.88 Å². The van der Waals surface area contributed by atoms with Crippen molar-refractivity contribution < 1.29 is 0 Å². The average molecular weight is 204 g/mol. The van der Waals surface area contributed by atoms with Crippen LogP contribution in [0.2, 0.25) is 5.02 Å². The Morgan fingerprint density at radius 1 is 1.58 bits per heavy atom. The van der Waals surface area contributed by atoms with Crippen LogP contribution >= 0.6 is 23.2 Å². The van der Waals surface area contributed by atoms with E-state index in [2.05, 4.69) is 11.9 Å². The standard InChI is InChI=1S/C9H11Cl2N/c1-7(6-10)5-9-8(11)3-2-4-12-9/h2-4,7H,5-6H2,1H3. The van der Waals surface area contributed by atoms with Gasteiger partial charge in [-0.2, -0.15) is 0 Å². The minimum atomic E-state index is 0.430. The normalized spacial score (nSPS) is 12.9. The Hall–Kier alpha value is -0.270. The number of aromatic nitrogens is 1. The van der Waals surface area contributed by atoms with Crippen molar-refractivity contribution in [3.05, 3.63) is 29.0 Å². The van der Waals surface area contributed by atoms with Gasteiger partial charge in [0.1, 0.15) is 0 Å². The summed E-state index contributed by atoms with van der Waals surface area (Å²) in [7, 11) is 0. The van der Waals surface area contributed by atoms with Gasteiger partial charge < -0.3 is 0 Å². The van der Waals surface area contributed by atoms with Crippen LogP contribution in [0, 0.1) is 5.92 Å². The fourth-order valence-corrected chi connectivity index (χ4v) is 1.26. The molecule has 0 N–H and O–H groups in total. The van der Waals surface area contributed by atoms with E-state index in [-0.39, 0.29) is 0 Å². The van der Waals surface area contributed by atoms with E-state index >= 15 is 0 Å². The quantitative estimate of drug-likeness (QED) is 0.689. The Balaban J connectivity index is 2.69. The molecule has 0 fully saturated rings. The van der Waals surface area contributed by atoms with Crippen LogP contribution in [-0.4, -0.2) is 10.9 Å². The zero-order valence-electron chi connectivity index (χ0n) is 6.93. The summed E-state index contributed by atoms with van der Waals surface area (Å²) >= 11 is 11.6. The molecule has 0 saturated heterocycles. The van der Waals surface area contributed by atoms with Crippen molar-refractivity contribution >= 4 is 23.2 Å². The van der Waals surface area contributed by atoms with Crippen molar-refractivity contribution in [2.24, 2.45) is 5.92 Å². The second-order valence-electron chi connectivity index (χ2n) is 2.90. The van der Waals surface area contributed by atoms with Gasteiger partial charge in [0.15, 0.2) is 0 Å². The number of rotatable bonds is 3. The number of hydrogen-bond acceptors (Lipinski definition) is 1. The second-order valence-corrected chi connectivity index (χ2v) is 3.61. The number of pyridine rings is 1. The summed E-state index contributed by atoms with van der Waals surface area (Å²) in [5, 5.41) is 0.731. The van der Waals surface area contributed by atoms with Crippen LogP contribution in [0.1, 0.15) is 12.6 Å². The lowest BCUT2D eigenvalue weighted by Gasteiger charge is -2.06. The molecule has 0 aliphatic heterocycles. The van der Waals surface area contributed by atoms with E-state index < -0.39 is 0 Å². The summed E-state index contributed by atoms with van der Waals surface area (Å²) in [5.74, 6) is 1.08. The molecule has 1 unspecified atom stereocenters. The van der Waals surface area contributed by atoms with E-state index in [1.54, 1.807) is 6.20 Å². The summed E-state index contributed by atoms with van der Waals surface area (Å²) in [6, 6.07) is 3.68. The molecule has 0 amide bonds. The van der Waals surface area contributed by atoms with Crippen LogP contribution in [0.15, 0.2) is 18.3 Å². The van der Waals surface area contributed by atoms with Crippen molar-refractivity contribution in [3.63, 3.8) is 0 Å². The van der Waals surface area contributed by atoms with Gasteiger partial charge in [-0.15, -0.1) is 11.6 Å². The molecular weight excluding hydrogens is 193 g/mol. The first-order valence-corrected chi connectivity index (χ1v) is 4.80. The highest BCUT2D eigenvalue weighted by Gasteiger charge is 2.05. The minimum absolute atomic E-state index is 0.430. The summed E-state index contributed by atoms with van der Waals surface area (Å²) in [6.07, 6.45) is 2.60. The van der Waals surface area contributed by atoms with Crippen LogP contribution in [-0.2, 0) is 6.42 Å². The predicted molar refractivity (Wildman–Crippen MR) is 52.8 cm³/mol. The molecule has 66 valence electrons. The molecule has 0 saturated carbocycles. The molecule has 1 heterocycles. The fraction of sp³-hybridized carbons (Fsp3) is 0.444. The van der Waals surface area contributed by atoms with E-state index in [9.17, 15) is 0 Å². The largest absolute Gasteiger partial charge is 0.260 e. The molecule has 1 aromatic heterocycles. The lowest BCUT2D eigenvalue weighted by molar-refractivity contribution is 0.642. The third kappa shape index (κ3) is 2.65. The van der Waals surface area contributed by atoms with Crippen LogP contribution in [0.3, 0.4) is 0 Å². The number of nitrogens with zero attached hydrogens (tertiary/aromatic N) is 1. The lowest BCUT2D eigenvalue weighted by atomic mass is 10.1. The maximum absolute atomic E-state index is 5.92. The van der Waals surface area contributed by atoms with Crippen molar-refractivity contribution in [2.45, 2.75) is 13.3 Å².